The molecule has 0 saturated carbocycles. The van der Waals surface area contributed by atoms with Crippen molar-refractivity contribution >= 4 is 29.9 Å². The molecule has 8 heteroatoms. The van der Waals surface area contributed by atoms with Crippen molar-refractivity contribution in [2.45, 2.75) is 78.4 Å². The molecular weight excluding hydrogens is 467 g/mol. The second-order valence-electron chi connectivity index (χ2n) is 7.58. The quantitative estimate of drug-likeness (QED) is 0.273. The fourth-order valence-corrected chi connectivity index (χ4v) is 3.42. The minimum Gasteiger partial charge on any atom is -0.376 e. The van der Waals surface area contributed by atoms with Crippen LogP contribution in [0.1, 0.15) is 70.4 Å². The van der Waals surface area contributed by atoms with Gasteiger partial charge in [-0.05, 0) is 38.5 Å². The van der Waals surface area contributed by atoms with Crippen molar-refractivity contribution in [3.63, 3.8) is 0 Å². The number of nitrogens with one attached hydrogen (secondary N) is 2. The maximum absolute atomic E-state index is 5.73. The van der Waals surface area contributed by atoms with Gasteiger partial charge in [-0.2, -0.15) is 0 Å². The number of aromatic nitrogens is 3. The first-order valence-corrected chi connectivity index (χ1v) is 10.6. The van der Waals surface area contributed by atoms with Crippen LogP contribution in [0.4, 0.5) is 0 Å². The van der Waals surface area contributed by atoms with E-state index in [4.69, 9.17) is 9.73 Å². The van der Waals surface area contributed by atoms with Gasteiger partial charge in [0.05, 0.1) is 6.10 Å². The third-order valence-corrected chi connectivity index (χ3v) is 5.30. The molecule has 0 aliphatic carbocycles. The van der Waals surface area contributed by atoms with Crippen molar-refractivity contribution in [3.8, 4) is 0 Å². The molecule has 28 heavy (non-hydrogen) atoms. The van der Waals surface area contributed by atoms with E-state index >= 15 is 0 Å². The van der Waals surface area contributed by atoms with Gasteiger partial charge in [0.1, 0.15) is 12.4 Å². The number of unbranched alkanes of at least 4 members (excludes halogenated alkanes) is 1. The smallest absolute Gasteiger partial charge is 0.191 e. The number of hydrogen-bond donors (Lipinski definition) is 2. The lowest BCUT2D eigenvalue weighted by Crippen LogP contribution is -2.43. The molecule has 1 aromatic rings. The Kier molecular flexibility index (Phi) is 12.7. The number of guanidine groups is 1. The van der Waals surface area contributed by atoms with Gasteiger partial charge in [-0.25, -0.2) is 4.99 Å². The predicted molar refractivity (Wildman–Crippen MR) is 125 cm³/mol. The van der Waals surface area contributed by atoms with Gasteiger partial charge in [0.2, 0.25) is 0 Å². The molecule has 1 fully saturated rings. The normalized spacial score (nSPS) is 18.0. The van der Waals surface area contributed by atoms with E-state index < -0.39 is 0 Å². The van der Waals surface area contributed by atoms with E-state index in [9.17, 15) is 0 Å². The summed E-state index contributed by atoms with van der Waals surface area (Å²) < 4.78 is 7.72. The Balaban J connectivity index is 0.00000392. The third-order valence-electron chi connectivity index (χ3n) is 5.30. The van der Waals surface area contributed by atoms with Crippen LogP contribution in [-0.4, -0.2) is 46.5 Å². The van der Waals surface area contributed by atoms with Crippen LogP contribution in [0.25, 0.3) is 0 Å². The Morgan fingerprint density at radius 2 is 2.07 bits per heavy atom. The summed E-state index contributed by atoms with van der Waals surface area (Å²) in [6.45, 7) is 9.64. The number of rotatable bonds is 11. The monoisotopic (exact) mass is 506 g/mol. The van der Waals surface area contributed by atoms with Crippen molar-refractivity contribution in [2.24, 2.45) is 18.0 Å². The highest BCUT2D eigenvalue weighted by Gasteiger charge is 2.16. The maximum atomic E-state index is 5.73. The van der Waals surface area contributed by atoms with Gasteiger partial charge < -0.3 is 19.9 Å². The summed E-state index contributed by atoms with van der Waals surface area (Å²) >= 11 is 0. The number of hydrogen-bond acceptors (Lipinski definition) is 4. The molecular formula is C20H39IN6O. The molecule has 2 N–H and O–H groups in total. The second-order valence-corrected chi connectivity index (χ2v) is 7.58. The first-order chi connectivity index (χ1) is 13.1. The lowest BCUT2D eigenvalue weighted by molar-refractivity contribution is 0.113. The molecule has 1 aliphatic rings. The van der Waals surface area contributed by atoms with Crippen LogP contribution in [0.3, 0.4) is 0 Å². The average molecular weight is 506 g/mol. The minimum atomic E-state index is 0. The molecule has 0 spiro atoms. The summed E-state index contributed by atoms with van der Waals surface area (Å²) in [5.74, 6) is 3.33. The predicted octanol–water partition coefficient (Wildman–Crippen LogP) is 3.56. The molecule has 1 aromatic heterocycles. The Hall–Kier alpha value is -0.900. The molecule has 1 aliphatic heterocycles. The Morgan fingerprint density at radius 1 is 1.25 bits per heavy atom. The van der Waals surface area contributed by atoms with E-state index in [2.05, 4.69) is 34.7 Å². The van der Waals surface area contributed by atoms with Crippen LogP contribution >= 0.6 is 24.0 Å². The molecule has 0 radical (unpaired) electrons. The molecule has 0 bridgehead atoms. The van der Waals surface area contributed by atoms with E-state index in [1.807, 2.05) is 18.5 Å². The third kappa shape index (κ3) is 8.63. The zero-order valence-electron chi connectivity index (χ0n) is 18.0. The van der Waals surface area contributed by atoms with Crippen LogP contribution < -0.4 is 10.6 Å². The number of ether oxygens (including phenoxy) is 1. The van der Waals surface area contributed by atoms with Gasteiger partial charge >= 0.3 is 0 Å². The highest BCUT2D eigenvalue weighted by molar-refractivity contribution is 14.0. The van der Waals surface area contributed by atoms with Crippen molar-refractivity contribution in [2.75, 3.05) is 19.7 Å². The summed E-state index contributed by atoms with van der Waals surface area (Å²) in [4.78, 5) is 4.76. The molecule has 1 saturated heterocycles. The van der Waals surface area contributed by atoms with Gasteiger partial charge in [-0.15, -0.1) is 34.2 Å². The van der Waals surface area contributed by atoms with Crippen LogP contribution in [-0.2, 0) is 18.3 Å². The van der Waals surface area contributed by atoms with Crippen molar-refractivity contribution in [3.05, 3.63) is 11.6 Å². The van der Waals surface area contributed by atoms with Crippen molar-refractivity contribution in [1.29, 1.82) is 0 Å². The molecule has 0 aromatic carbocycles. The summed E-state index contributed by atoms with van der Waals surface area (Å²) in [6, 6.07) is 0. The van der Waals surface area contributed by atoms with E-state index in [1.54, 1.807) is 0 Å². The standard InChI is InChI=1S/C20H38N6O.HI/c1-5-7-10-17(9-6-2)13-21-20(22-14-18-11-8-12-27-18)23-15-19-25-24-16(3)26(19)4;/h17-18H,5-15H2,1-4H3,(H2,21,22,23);1H. The number of aliphatic imine (C=N–C) groups is 1. The highest BCUT2D eigenvalue weighted by atomic mass is 127. The largest absolute Gasteiger partial charge is 0.376 e. The topological polar surface area (TPSA) is 76.4 Å². The van der Waals surface area contributed by atoms with Gasteiger partial charge in [-0.1, -0.05) is 33.1 Å². The van der Waals surface area contributed by atoms with E-state index in [-0.39, 0.29) is 24.0 Å². The zero-order valence-corrected chi connectivity index (χ0v) is 20.4. The van der Waals surface area contributed by atoms with E-state index in [1.165, 1.54) is 32.1 Å². The Morgan fingerprint density at radius 3 is 2.68 bits per heavy atom. The molecule has 7 nitrogen and oxygen atoms in total. The molecule has 0 amide bonds. The molecule has 2 rings (SSSR count). The lowest BCUT2D eigenvalue weighted by atomic mass is 9.97. The molecule has 2 atom stereocenters. The second kappa shape index (κ2) is 14.1. The first-order valence-electron chi connectivity index (χ1n) is 10.6. The number of nitrogens with zero attached hydrogens (tertiary/aromatic N) is 4. The Bertz CT molecular complexity index is 571. The highest BCUT2D eigenvalue weighted by Crippen LogP contribution is 2.14. The molecule has 2 unspecified atom stereocenters. The number of aryl methyl sites for hydroxylation is 1. The fourth-order valence-electron chi connectivity index (χ4n) is 3.42. The minimum absolute atomic E-state index is 0. The number of halogens is 1. The average Bonchev–Trinajstić information content (AvgIpc) is 3.30. The van der Waals surface area contributed by atoms with Crippen molar-refractivity contribution < 1.29 is 4.74 Å². The summed E-state index contributed by atoms with van der Waals surface area (Å²) in [7, 11) is 1.98. The van der Waals surface area contributed by atoms with E-state index in [0.717, 1.165) is 50.1 Å². The van der Waals surface area contributed by atoms with E-state index in [0.29, 0.717) is 18.6 Å². The van der Waals surface area contributed by atoms with Gasteiger partial charge in [-0.3, -0.25) is 0 Å². The summed E-state index contributed by atoms with van der Waals surface area (Å²) in [6.07, 6.45) is 8.88. The zero-order chi connectivity index (χ0) is 19.5. The summed E-state index contributed by atoms with van der Waals surface area (Å²) in [5, 5.41) is 15.4. The lowest BCUT2D eigenvalue weighted by Gasteiger charge is -2.20. The fraction of sp³-hybridized carbons (Fsp3) is 0.850. The van der Waals surface area contributed by atoms with Crippen molar-refractivity contribution in [1.82, 2.24) is 25.4 Å². The Labute approximate surface area is 187 Å². The first kappa shape index (κ1) is 25.1. The summed E-state index contributed by atoms with van der Waals surface area (Å²) in [5.41, 5.74) is 0. The van der Waals surface area contributed by atoms with Gasteiger partial charge in [0.25, 0.3) is 0 Å². The van der Waals surface area contributed by atoms with Crippen LogP contribution in [0.2, 0.25) is 0 Å². The van der Waals surface area contributed by atoms with Crippen LogP contribution in [0, 0.1) is 12.8 Å². The van der Waals surface area contributed by atoms with Gasteiger partial charge in [0.15, 0.2) is 11.8 Å². The molecule has 162 valence electrons. The maximum Gasteiger partial charge on any atom is 0.191 e. The SMILES string of the molecule is CCCCC(CCC)CNC(=NCc1nnc(C)n1C)NCC1CCCO1.I. The van der Waals surface area contributed by atoms with Gasteiger partial charge in [0, 0.05) is 26.7 Å². The van der Waals surface area contributed by atoms with Crippen LogP contribution in [0.5, 0.6) is 0 Å². The van der Waals surface area contributed by atoms with Crippen LogP contribution in [0.15, 0.2) is 4.99 Å². The molecule has 2 heterocycles.